The molecule has 2 atom stereocenters. The Hall–Kier alpha value is -3.38. The van der Waals surface area contributed by atoms with Crippen molar-refractivity contribution in [2.75, 3.05) is 13.1 Å². The van der Waals surface area contributed by atoms with E-state index in [4.69, 9.17) is 0 Å². The van der Waals surface area contributed by atoms with Gasteiger partial charge in [0.1, 0.15) is 0 Å². The van der Waals surface area contributed by atoms with Crippen LogP contribution in [0.25, 0.3) is 50.4 Å². The fourth-order valence-corrected chi connectivity index (χ4v) is 14.4. The summed E-state index contributed by atoms with van der Waals surface area (Å²) in [5.74, 6) is 0.675. The highest BCUT2D eigenvalue weighted by Crippen LogP contribution is 2.52. The van der Waals surface area contributed by atoms with Crippen molar-refractivity contribution < 1.29 is 9.59 Å². The van der Waals surface area contributed by atoms with Crippen molar-refractivity contribution in [1.82, 2.24) is 9.80 Å². The lowest BCUT2D eigenvalue weighted by Crippen LogP contribution is -2.34. The van der Waals surface area contributed by atoms with Gasteiger partial charge in [-0.3, -0.25) is 9.59 Å². The molecule has 6 aromatic heterocycles. The minimum atomic E-state index is -0.0183. The molecule has 4 nitrogen and oxygen atoms in total. The number of nitrogens with zero attached hydrogens (tertiary/aromatic N) is 2. The fourth-order valence-electron chi connectivity index (χ4n) is 8.14. The van der Waals surface area contributed by atoms with Crippen LogP contribution in [0.4, 0.5) is 0 Å². The molecule has 2 unspecified atom stereocenters. The van der Waals surface area contributed by atoms with Crippen molar-refractivity contribution >= 4 is 91.2 Å². The first-order valence-electron chi connectivity index (χ1n) is 20.9. The van der Waals surface area contributed by atoms with Crippen molar-refractivity contribution in [2.24, 2.45) is 11.8 Å². The number of unbranched alkanes of at least 4 members (excludes halogenated alkanes) is 2. The summed E-state index contributed by atoms with van der Waals surface area (Å²) >= 11 is 10.7. The van der Waals surface area contributed by atoms with Crippen molar-refractivity contribution in [3.05, 3.63) is 103 Å². The number of carbonyl (C=O) groups excluding carboxylic acids is 2. The average Bonchev–Trinajstić information content (AvgIpc) is 4.07. The molecular weight excluding hydrogens is 829 g/mol. The monoisotopic (exact) mass is 880 g/mol. The predicted molar refractivity (Wildman–Crippen MR) is 255 cm³/mol. The van der Waals surface area contributed by atoms with Gasteiger partial charge in [0.25, 0.3) is 11.8 Å². The van der Waals surface area contributed by atoms with Crippen LogP contribution < -0.4 is 0 Å². The van der Waals surface area contributed by atoms with Crippen LogP contribution in [0.3, 0.4) is 0 Å². The van der Waals surface area contributed by atoms with Crippen LogP contribution in [0.2, 0.25) is 0 Å². The highest BCUT2D eigenvalue weighted by Gasteiger charge is 2.50. The van der Waals surface area contributed by atoms with Gasteiger partial charge in [-0.15, -0.1) is 68.0 Å². The van der Waals surface area contributed by atoms with Gasteiger partial charge in [0, 0.05) is 61.9 Å². The molecule has 0 saturated carbocycles. The van der Waals surface area contributed by atoms with E-state index in [-0.39, 0.29) is 11.8 Å². The molecule has 0 bridgehead atoms. The van der Waals surface area contributed by atoms with Crippen LogP contribution >= 0.6 is 68.0 Å². The Bertz CT molecular complexity index is 2310. The van der Waals surface area contributed by atoms with E-state index in [2.05, 4.69) is 114 Å². The number of amides is 2. The first-order valence-corrected chi connectivity index (χ1v) is 25.8. The maximum absolute atomic E-state index is 15.2. The summed E-state index contributed by atoms with van der Waals surface area (Å²) in [5.41, 5.74) is 2.83. The van der Waals surface area contributed by atoms with Crippen molar-refractivity contribution in [3.8, 4) is 39.0 Å². The summed E-state index contributed by atoms with van der Waals surface area (Å²) in [6, 6.07) is 26.4. The lowest BCUT2D eigenvalue weighted by Gasteiger charge is -2.29. The Balaban J connectivity index is 1.24. The highest BCUT2D eigenvalue weighted by molar-refractivity contribution is 7.27. The summed E-state index contributed by atoms with van der Waals surface area (Å²) in [6.07, 6.45) is 8.63. The third-order valence-corrected chi connectivity index (χ3v) is 18.6. The molecular formula is C48H52N2O2S6. The number of carbonyl (C=O) groups is 2. The third kappa shape index (κ3) is 8.22. The lowest BCUT2D eigenvalue weighted by molar-refractivity contribution is -0.124. The van der Waals surface area contributed by atoms with Gasteiger partial charge in [0.2, 0.25) is 0 Å². The first-order chi connectivity index (χ1) is 28.2. The number of thiophene rings is 6. The molecule has 0 aromatic carbocycles. The van der Waals surface area contributed by atoms with E-state index < -0.39 is 0 Å². The van der Waals surface area contributed by atoms with Gasteiger partial charge in [0.05, 0.1) is 32.3 Å². The smallest absolute Gasteiger partial charge is 0.261 e. The van der Waals surface area contributed by atoms with Crippen LogP contribution in [-0.4, -0.2) is 34.7 Å². The molecule has 6 aromatic rings. The molecule has 2 aliphatic rings. The second-order valence-corrected chi connectivity index (χ2v) is 22.5. The Morgan fingerprint density at radius 3 is 1.02 bits per heavy atom. The summed E-state index contributed by atoms with van der Waals surface area (Å²) in [6.45, 7) is 14.5. The summed E-state index contributed by atoms with van der Waals surface area (Å²) in [5, 5.41) is 0. The molecule has 0 saturated heterocycles. The SMILES string of the molecule is CCCCC(CC)CN1C(=O)C2=C(c3ccc(-c4ccc(-c5ccc(C)s5)s4)s3)N(CC(CC)CCCC)C(=O)C2=C1c1ccc(-c2ccc(-c3ccc(C)s3)s2)s1. The number of rotatable bonds is 18. The first kappa shape index (κ1) is 41.4. The number of hydrogen-bond acceptors (Lipinski definition) is 8. The Morgan fingerprint density at radius 2 is 0.724 bits per heavy atom. The van der Waals surface area contributed by atoms with Gasteiger partial charge in [0.15, 0.2) is 0 Å². The minimum Gasteiger partial charge on any atom is -0.306 e. The van der Waals surface area contributed by atoms with Crippen LogP contribution in [-0.2, 0) is 9.59 Å². The molecule has 0 fully saturated rings. The second kappa shape index (κ2) is 18.1. The zero-order valence-corrected chi connectivity index (χ0v) is 39.2. The molecule has 0 spiro atoms. The number of fused-ring (bicyclic) bond motifs is 1. The third-order valence-electron chi connectivity index (χ3n) is 11.5. The van der Waals surface area contributed by atoms with Crippen LogP contribution in [0.15, 0.2) is 83.9 Å². The number of hydrogen-bond donors (Lipinski definition) is 0. The van der Waals surface area contributed by atoms with Crippen LogP contribution in [0.5, 0.6) is 0 Å². The van der Waals surface area contributed by atoms with Gasteiger partial charge < -0.3 is 9.80 Å². The molecule has 58 heavy (non-hydrogen) atoms. The Labute approximate surface area is 368 Å². The van der Waals surface area contributed by atoms with Gasteiger partial charge in [-0.25, -0.2) is 0 Å². The average molecular weight is 881 g/mol. The van der Waals surface area contributed by atoms with E-state index in [0.29, 0.717) is 36.1 Å². The van der Waals surface area contributed by atoms with Crippen molar-refractivity contribution in [3.63, 3.8) is 0 Å². The standard InChI is InChI=1S/C48H52N2O2S6/c1-7-11-13-31(9-3)27-49-45(41-25-23-39(57-41)37-21-19-35(55-37)33-17-15-29(5)53-33)43-44(47(49)51)46(50(48(43)52)28-32(10-4)14-12-8-2)42-26-24-40(58-42)38-22-20-36(56-38)34-18-16-30(6)54-34/h15-26,31-32H,7-14,27-28H2,1-6H3. The molecule has 10 heteroatoms. The van der Waals surface area contributed by atoms with Crippen LogP contribution in [0.1, 0.15) is 98.6 Å². The largest absolute Gasteiger partial charge is 0.306 e. The zero-order chi connectivity index (χ0) is 40.5. The topological polar surface area (TPSA) is 40.6 Å². The molecule has 302 valence electrons. The molecule has 0 aliphatic carbocycles. The molecule has 0 radical (unpaired) electrons. The number of aryl methyl sites for hydroxylation is 2. The Morgan fingerprint density at radius 1 is 0.431 bits per heavy atom. The van der Waals surface area contributed by atoms with E-state index in [0.717, 1.165) is 72.5 Å². The van der Waals surface area contributed by atoms with E-state index >= 15 is 9.59 Å². The quantitative estimate of drug-likeness (QED) is 0.0863. The fraction of sp³-hybridized carbons (Fsp3) is 0.375. The van der Waals surface area contributed by atoms with Crippen LogP contribution in [0, 0.1) is 25.7 Å². The Kier molecular flexibility index (Phi) is 12.9. The van der Waals surface area contributed by atoms with Crippen molar-refractivity contribution in [1.29, 1.82) is 0 Å². The predicted octanol–water partition coefficient (Wildman–Crippen LogP) is 15.6. The van der Waals surface area contributed by atoms with E-state index in [1.54, 1.807) is 22.7 Å². The second-order valence-electron chi connectivity index (χ2n) is 15.6. The molecule has 2 amide bonds. The maximum atomic E-state index is 15.2. The maximum Gasteiger partial charge on any atom is 0.261 e. The molecule has 0 N–H and O–H groups in total. The van der Waals surface area contributed by atoms with Gasteiger partial charge in [-0.2, -0.15) is 0 Å². The summed E-state index contributed by atoms with van der Waals surface area (Å²) < 4.78 is 0. The van der Waals surface area contributed by atoms with Gasteiger partial charge in [-0.1, -0.05) is 66.2 Å². The minimum absolute atomic E-state index is 0.0183. The van der Waals surface area contributed by atoms with E-state index in [9.17, 15) is 0 Å². The van der Waals surface area contributed by atoms with Gasteiger partial charge >= 0.3 is 0 Å². The molecule has 8 heterocycles. The highest BCUT2D eigenvalue weighted by atomic mass is 32.1. The zero-order valence-electron chi connectivity index (χ0n) is 34.3. The lowest BCUT2D eigenvalue weighted by atomic mass is 9.98. The normalized spacial score (nSPS) is 15.5. The summed E-state index contributed by atoms with van der Waals surface area (Å²) in [4.78, 5) is 49.0. The van der Waals surface area contributed by atoms with Gasteiger partial charge in [-0.05, 0) is 111 Å². The summed E-state index contributed by atoms with van der Waals surface area (Å²) in [7, 11) is 0. The van der Waals surface area contributed by atoms with Crippen molar-refractivity contribution in [2.45, 2.75) is 92.9 Å². The molecule has 2 aliphatic heterocycles. The molecule has 8 rings (SSSR count). The van der Waals surface area contributed by atoms with E-state index in [1.165, 1.54) is 48.8 Å². The van der Waals surface area contributed by atoms with E-state index in [1.807, 2.05) is 55.1 Å².